The molecule has 3 aliphatic rings. The van der Waals surface area contributed by atoms with Gasteiger partial charge in [-0.25, -0.2) is 0 Å². The van der Waals surface area contributed by atoms with Gasteiger partial charge in [0.15, 0.2) is 0 Å². The third-order valence-corrected chi connectivity index (χ3v) is 5.40. The molecular weight excluding hydrogens is 356 g/mol. The fourth-order valence-corrected chi connectivity index (χ4v) is 3.72. The van der Waals surface area contributed by atoms with E-state index in [1.54, 1.807) is 0 Å². The van der Waals surface area contributed by atoms with Crippen molar-refractivity contribution >= 4 is 5.95 Å². The smallest absolute Gasteiger partial charge is 0.338 e. The van der Waals surface area contributed by atoms with Crippen LogP contribution in [0.1, 0.15) is 52.4 Å². The van der Waals surface area contributed by atoms with E-state index in [-0.39, 0.29) is 18.5 Å². The molecule has 0 aliphatic carbocycles. The van der Waals surface area contributed by atoms with E-state index in [1.807, 2.05) is 0 Å². The van der Waals surface area contributed by atoms with Crippen LogP contribution in [0.15, 0.2) is 0 Å². The van der Waals surface area contributed by atoms with Crippen molar-refractivity contribution in [1.82, 2.24) is 19.4 Å². The molecule has 0 radical (unpaired) electrons. The minimum absolute atomic E-state index is 0. The second-order valence-corrected chi connectivity index (χ2v) is 7.28. The Balaban J connectivity index is 0.00000243. The minimum atomic E-state index is -0.270. The van der Waals surface area contributed by atoms with Gasteiger partial charge in [-0.3, -0.25) is 4.48 Å². The molecular formula is C18H31ClN4O3. The van der Waals surface area contributed by atoms with Crippen molar-refractivity contribution < 1.29 is 27.0 Å². The lowest BCUT2D eigenvalue weighted by Gasteiger charge is -2.48. The highest BCUT2D eigenvalue weighted by atomic mass is 35.5. The number of aliphatic hydroxyl groups is 1. The SMILES string of the molecule is CCCCOc1nc(OCCCC)nc([N+]23CCC(CC2)C(O)C3)n1.[Cl-]. The molecule has 148 valence electrons. The largest absolute Gasteiger partial charge is 1.00 e. The van der Waals surface area contributed by atoms with Gasteiger partial charge in [0.2, 0.25) is 0 Å². The molecule has 1 unspecified atom stereocenters. The van der Waals surface area contributed by atoms with E-state index in [4.69, 9.17) is 9.47 Å². The lowest BCUT2D eigenvalue weighted by atomic mass is 9.84. The molecule has 0 amide bonds. The molecule has 3 saturated heterocycles. The van der Waals surface area contributed by atoms with Crippen LogP contribution < -0.4 is 26.4 Å². The molecule has 0 saturated carbocycles. The lowest BCUT2D eigenvalue weighted by Crippen LogP contribution is -3.00. The Labute approximate surface area is 162 Å². The van der Waals surface area contributed by atoms with E-state index in [0.29, 0.717) is 48.1 Å². The van der Waals surface area contributed by atoms with E-state index >= 15 is 0 Å². The summed E-state index contributed by atoms with van der Waals surface area (Å²) in [7, 11) is 0. The summed E-state index contributed by atoms with van der Waals surface area (Å²) in [5.41, 5.74) is 0. The van der Waals surface area contributed by atoms with Crippen molar-refractivity contribution in [3.8, 4) is 12.0 Å². The fraction of sp³-hybridized carbons (Fsp3) is 0.833. The first-order valence-corrected chi connectivity index (χ1v) is 9.73. The second-order valence-electron chi connectivity index (χ2n) is 7.28. The number of fused-ring (bicyclic) bond motifs is 3. The van der Waals surface area contributed by atoms with Crippen LogP contribution in [0.4, 0.5) is 5.95 Å². The van der Waals surface area contributed by atoms with Gasteiger partial charge >= 0.3 is 18.0 Å². The number of halogens is 1. The van der Waals surface area contributed by atoms with Crippen molar-refractivity contribution in [2.45, 2.75) is 58.5 Å². The molecule has 1 aromatic heterocycles. The first-order valence-electron chi connectivity index (χ1n) is 9.73. The highest BCUT2D eigenvalue weighted by Crippen LogP contribution is 2.37. The number of aromatic nitrogens is 3. The zero-order valence-electron chi connectivity index (χ0n) is 15.9. The van der Waals surface area contributed by atoms with Crippen LogP contribution in [0.25, 0.3) is 0 Å². The summed E-state index contributed by atoms with van der Waals surface area (Å²) in [5.74, 6) is 1.12. The van der Waals surface area contributed by atoms with Crippen molar-refractivity contribution in [2.24, 2.45) is 5.92 Å². The van der Waals surface area contributed by atoms with E-state index in [1.165, 1.54) is 0 Å². The highest BCUT2D eigenvalue weighted by molar-refractivity contribution is 5.31. The van der Waals surface area contributed by atoms with Gasteiger partial charge < -0.3 is 27.0 Å². The summed E-state index contributed by atoms with van der Waals surface area (Å²) in [6.07, 6.45) is 5.82. The second kappa shape index (κ2) is 9.67. The van der Waals surface area contributed by atoms with Gasteiger partial charge in [-0.2, -0.15) is 0 Å². The molecule has 1 N–H and O–H groups in total. The van der Waals surface area contributed by atoms with Gasteiger partial charge in [0.05, 0.1) is 26.3 Å². The standard InChI is InChI=1S/C18H31N4O3.ClH/c1-3-5-11-24-17-19-16(20-18(21-17)25-12-6-4-2)22-9-7-14(8-10-22)15(23)13-22;/h14-15,23H,3-13H2,1-2H3;1H/q+1;/p-1. The van der Waals surface area contributed by atoms with Crippen molar-refractivity contribution in [3.63, 3.8) is 0 Å². The Kier molecular flexibility index (Phi) is 7.85. The summed E-state index contributed by atoms with van der Waals surface area (Å²) < 4.78 is 12.1. The fourth-order valence-electron chi connectivity index (χ4n) is 3.72. The van der Waals surface area contributed by atoms with Crippen molar-refractivity contribution in [3.05, 3.63) is 0 Å². The third kappa shape index (κ3) is 4.75. The zero-order valence-corrected chi connectivity index (χ0v) is 16.6. The van der Waals surface area contributed by atoms with Crippen LogP contribution in [-0.4, -0.2) is 59.0 Å². The number of quaternary nitrogens is 1. The number of piperidine rings is 3. The monoisotopic (exact) mass is 386 g/mol. The topological polar surface area (TPSA) is 77.4 Å². The molecule has 3 aliphatic heterocycles. The highest BCUT2D eigenvalue weighted by Gasteiger charge is 2.49. The minimum Gasteiger partial charge on any atom is -1.00 e. The number of nitrogens with zero attached hydrogens (tertiary/aromatic N) is 4. The Morgan fingerprint density at radius 2 is 1.50 bits per heavy atom. The molecule has 3 fully saturated rings. The van der Waals surface area contributed by atoms with Crippen molar-refractivity contribution in [2.75, 3.05) is 32.8 Å². The van der Waals surface area contributed by atoms with Crippen LogP contribution in [0.2, 0.25) is 0 Å². The van der Waals surface area contributed by atoms with Gasteiger partial charge in [-0.1, -0.05) is 26.7 Å². The summed E-state index contributed by atoms with van der Waals surface area (Å²) >= 11 is 0. The van der Waals surface area contributed by atoms with Crippen LogP contribution in [0.5, 0.6) is 12.0 Å². The molecule has 7 nitrogen and oxygen atoms in total. The van der Waals surface area contributed by atoms with Crippen LogP contribution >= 0.6 is 0 Å². The molecule has 26 heavy (non-hydrogen) atoms. The summed E-state index contributed by atoms with van der Waals surface area (Å²) in [5, 5.41) is 10.4. The average molecular weight is 387 g/mol. The van der Waals surface area contributed by atoms with Crippen LogP contribution in [-0.2, 0) is 0 Å². The van der Waals surface area contributed by atoms with Gasteiger partial charge in [0, 0.05) is 18.8 Å². The van der Waals surface area contributed by atoms with E-state index in [2.05, 4.69) is 28.8 Å². The molecule has 4 heterocycles. The Hall–Kier alpha value is -1.18. The average Bonchev–Trinajstić information content (AvgIpc) is 2.63. The van der Waals surface area contributed by atoms with Gasteiger partial charge in [-0.05, 0) is 12.8 Å². The maximum absolute atomic E-state index is 10.4. The Morgan fingerprint density at radius 1 is 0.962 bits per heavy atom. The Bertz CT molecular complexity index is 539. The predicted octanol–water partition coefficient (Wildman–Crippen LogP) is -0.675. The molecule has 1 atom stereocenters. The molecule has 4 rings (SSSR count). The molecule has 1 aromatic rings. The van der Waals surface area contributed by atoms with Crippen LogP contribution in [0, 0.1) is 5.92 Å². The van der Waals surface area contributed by atoms with E-state index < -0.39 is 0 Å². The van der Waals surface area contributed by atoms with Crippen molar-refractivity contribution in [1.29, 1.82) is 0 Å². The van der Waals surface area contributed by atoms with Gasteiger partial charge in [0.1, 0.15) is 12.6 Å². The Morgan fingerprint density at radius 3 is 1.96 bits per heavy atom. The first-order chi connectivity index (χ1) is 12.2. The maximum atomic E-state index is 10.4. The number of hydrogen-bond donors (Lipinski definition) is 1. The normalized spacial score (nSPS) is 27.0. The number of rotatable bonds is 9. The number of ether oxygens (including phenoxy) is 2. The number of unbranched alkanes of at least 4 members (excludes halogenated alkanes) is 2. The summed E-state index contributed by atoms with van der Waals surface area (Å²) in [6, 6.07) is 0.694. The molecule has 8 heteroatoms. The van der Waals surface area contributed by atoms with Gasteiger partial charge in [-0.15, -0.1) is 15.0 Å². The van der Waals surface area contributed by atoms with E-state index in [9.17, 15) is 5.11 Å². The summed E-state index contributed by atoms with van der Waals surface area (Å²) in [4.78, 5) is 13.5. The van der Waals surface area contributed by atoms with E-state index in [0.717, 1.165) is 51.6 Å². The summed E-state index contributed by atoms with van der Waals surface area (Å²) in [6.45, 7) is 8.05. The maximum Gasteiger partial charge on any atom is 0.338 e. The first kappa shape index (κ1) is 21.1. The van der Waals surface area contributed by atoms with Gasteiger partial charge in [0.25, 0.3) is 0 Å². The lowest BCUT2D eigenvalue weighted by molar-refractivity contribution is -0.0227. The predicted molar refractivity (Wildman–Crippen MR) is 95.8 cm³/mol. The number of aliphatic hydroxyl groups excluding tert-OH is 1. The zero-order chi connectivity index (χ0) is 17.7. The molecule has 2 bridgehead atoms. The quantitative estimate of drug-likeness (QED) is 0.448. The molecule has 0 spiro atoms. The third-order valence-electron chi connectivity index (χ3n) is 5.40. The van der Waals surface area contributed by atoms with Crippen LogP contribution in [0.3, 0.4) is 0 Å². The molecule has 0 aromatic carbocycles. The number of hydrogen-bond acceptors (Lipinski definition) is 6.